The van der Waals surface area contributed by atoms with Gasteiger partial charge in [0.05, 0.1) is 5.60 Å². The van der Waals surface area contributed by atoms with Crippen molar-refractivity contribution >= 4 is 37.2 Å². The van der Waals surface area contributed by atoms with E-state index in [-0.39, 0.29) is 10.3 Å². The largest absolute Gasteiger partial charge is 0.428 e. The summed E-state index contributed by atoms with van der Waals surface area (Å²) >= 11 is 4.59. The summed E-state index contributed by atoms with van der Waals surface area (Å²) in [7, 11) is 4.47. The van der Waals surface area contributed by atoms with E-state index >= 15 is 0 Å². The lowest BCUT2D eigenvalue weighted by atomic mass is 9.81. The molecule has 0 aliphatic heterocycles. The summed E-state index contributed by atoms with van der Waals surface area (Å²) in [4.78, 5) is 36.8. The Morgan fingerprint density at radius 1 is 1.17 bits per heavy atom. The second kappa shape index (κ2) is 8.24. The number of nitrogens with zero attached hydrogens (tertiary/aromatic N) is 2. The van der Waals surface area contributed by atoms with Gasteiger partial charge in [-0.15, -0.1) is 0 Å². The fourth-order valence-corrected chi connectivity index (χ4v) is 2.48. The van der Waals surface area contributed by atoms with Crippen LogP contribution in [-0.2, 0) is 18.7 Å². The first-order valence-electron chi connectivity index (χ1n) is 9.17. The molecule has 9 heteroatoms. The third-order valence-corrected chi connectivity index (χ3v) is 5.81. The number of nitrogens with one attached hydrogen (secondary N) is 1. The van der Waals surface area contributed by atoms with Gasteiger partial charge in [0, 0.05) is 30.7 Å². The lowest BCUT2D eigenvalue weighted by Gasteiger charge is -2.38. The third kappa shape index (κ3) is 4.84. The molecule has 1 amide bonds. The lowest BCUT2D eigenvalue weighted by molar-refractivity contribution is 0.0854. The number of aromatic nitrogens is 2. The molecule has 155 valence electrons. The quantitative estimate of drug-likeness (QED) is 0.551. The Morgan fingerprint density at radius 3 is 2.38 bits per heavy atom. The zero-order chi connectivity index (χ0) is 22.1. The highest BCUT2D eigenvalue weighted by Crippen LogP contribution is 2.30. The van der Waals surface area contributed by atoms with Gasteiger partial charge in [-0.2, -0.15) is 12.6 Å². The molecular weight excluding hydrogens is 389 g/mol. The lowest BCUT2D eigenvalue weighted by Crippen LogP contribution is -2.46. The molecular formula is C20H27BN3O4S. The van der Waals surface area contributed by atoms with Crippen LogP contribution in [0, 0.1) is 6.92 Å². The van der Waals surface area contributed by atoms with Crippen molar-refractivity contribution in [3.8, 4) is 0 Å². The van der Waals surface area contributed by atoms with E-state index in [1.165, 1.54) is 24.9 Å². The number of rotatable bonds is 6. The normalized spacial score (nSPS) is 12.0. The number of carbonyl (C=O) groups is 1. The molecule has 0 bridgehead atoms. The van der Waals surface area contributed by atoms with Gasteiger partial charge in [-0.3, -0.25) is 14.2 Å². The Morgan fingerprint density at radius 2 is 1.79 bits per heavy atom. The molecule has 1 heterocycles. The average Bonchev–Trinajstić information content (AvgIpc) is 2.62. The van der Waals surface area contributed by atoms with Crippen LogP contribution in [0.3, 0.4) is 0 Å². The number of hydrogen-bond acceptors (Lipinski definition) is 5. The highest BCUT2D eigenvalue weighted by atomic mass is 32.1. The first kappa shape index (κ1) is 23.0. The van der Waals surface area contributed by atoms with Gasteiger partial charge in [0.2, 0.25) is 0 Å². The fourth-order valence-electron chi connectivity index (χ4n) is 2.43. The Kier molecular flexibility index (Phi) is 6.54. The van der Waals surface area contributed by atoms with Crippen LogP contribution in [0.2, 0.25) is 0 Å². The molecule has 2 aromatic rings. The molecule has 0 spiro atoms. The number of thiol groups is 1. The Balaban J connectivity index is 2.28. The monoisotopic (exact) mass is 416 g/mol. The minimum absolute atomic E-state index is 0.113. The second-order valence-corrected chi connectivity index (χ2v) is 9.20. The first-order chi connectivity index (χ1) is 13.3. The molecule has 0 fully saturated rings. The number of carbonyl (C=O) groups excluding carboxylic acids is 1. The molecule has 0 aliphatic carbocycles. The topological polar surface area (TPSA) is 82.3 Å². The molecule has 2 rings (SSSR count). The van der Waals surface area contributed by atoms with Crippen molar-refractivity contribution in [1.29, 1.82) is 0 Å². The van der Waals surface area contributed by atoms with Crippen LogP contribution in [0.15, 0.2) is 34.0 Å². The van der Waals surface area contributed by atoms with E-state index in [1.807, 2.05) is 40.7 Å². The van der Waals surface area contributed by atoms with Crippen molar-refractivity contribution < 1.29 is 9.45 Å². The molecule has 1 radical (unpaired) electrons. The highest BCUT2D eigenvalue weighted by molar-refractivity contribution is 7.81. The third-order valence-electron chi connectivity index (χ3n) is 5.27. The summed E-state index contributed by atoms with van der Waals surface area (Å²) in [6.07, 6.45) is 1.24. The van der Waals surface area contributed by atoms with E-state index in [0.717, 1.165) is 15.6 Å². The van der Waals surface area contributed by atoms with Gasteiger partial charge in [-0.25, -0.2) is 4.79 Å². The summed E-state index contributed by atoms with van der Waals surface area (Å²) in [5.41, 5.74) is 0.349. The van der Waals surface area contributed by atoms with Gasteiger partial charge in [-0.1, -0.05) is 12.1 Å². The Labute approximate surface area is 176 Å². The van der Waals surface area contributed by atoms with Crippen molar-refractivity contribution in [1.82, 2.24) is 9.13 Å². The number of amides is 1. The number of benzene rings is 1. The van der Waals surface area contributed by atoms with Crippen LogP contribution in [0.4, 0.5) is 5.69 Å². The van der Waals surface area contributed by atoms with Gasteiger partial charge in [-0.05, 0) is 51.7 Å². The van der Waals surface area contributed by atoms with Gasteiger partial charge in [0.15, 0.2) is 0 Å². The summed E-state index contributed by atoms with van der Waals surface area (Å²) in [6, 6.07) is 5.40. The SMILES string of the molecule is Cc1c([B]OC(C)(C)C(C)(C)S)cccc1NC(=O)c1cn(C)c(=O)n(C)c1=O. The van der Waals surface area contributed by atoms with Crippen molar-refractivity contribution in [3.05, 3.63) is 56.4 Å². The maximum Gasteiger partial charge on any atom is 0.331 e. The summed E-state index contributed by atoms with van der Waals surface area (Å²) in [5.74, 6) is -0.584. The zero-order valence-corrected chi connectivity index (χ0v) is 18.8. The second-order valence-electron chi connectivity index (χ2n) is 8.08. The Bertz CT molecular complexity index is 1050. The van der Waals surface area contributed by atoms with Crippen molar-refractivity contribution in [2.45, 2.75) is 45.0 Å². The smallest absolute Gasteiger partial charge is 0.331 e. The predicted octanol–water partition coefficient (Wildman–Crippen LogP) is 1.39. The first-order valence-corrected chi connectivity index (χ1v) is 9.62. The van der Waals surface area contributed by atoms with Crippen molar-refractivity contribution in [2.75, 3.05) is 5.32 Å². The Hall–Kier alpha value is -2.26. The van der Waals surface area contributed by atoms with Gasteiger partial charge in [0.1, 0.15) is 5.56 Å². The molecule has 0 unspecified atom stereocenters. The molecule has 0 atom stereocenters. The molecule has 0 saturated carbocycles. The van der Waals surface area contributed by atoms with E-state index in [2.05, 4.69) is 17.9 Å². The van der Waals surface area contributed by atoms with Gasteiger partial charge >= 0.3 is 13.2 Å². The molecule has 7 nitrogen and oxygen atoms in total. The van der Waals surface area contributed by atoms with Crippen LogP contribution >= 0.6 is 12.6 Å². The molecule has 1 N–H and O–H groups in total. The highest BCUT2D eigenvalue weighted by Gasteiger charge is 2.34. The summed E-state index contributed by atoms with van der Waals surface area (Å²) in [6.45, 7) is 9.70. The average molecular weight is 416 g/mol. The number of anilines is 1. The van der Waals surface area contributed by atoms with E-state index in [9.17, 15) is 14.4 Å². The van der Waals surface area contributed by atoms with Crippen LogP contribution in [0.5, 0.6) is 0 Å². The van der Waals surface area contributed by atoms with Crippen LogP contribution in [-0.4, -0.2) is 32.9 Å². The number of aryl methyl sites for hydroxylation is 1. The van der Waals surface area contributed by atoms with E-state index in [4.69, 9.17) is 4.65 Å². The molecule has 1 aromatic carbocycles. The maximum atomic E-state index is 12.7. The van der Waals surface area contributed by atoms with Gasteiger partial charge in [0.25, 0.3) is 11.5 Å². The minimum Gasteiger partial charge on any atom is -0.428 e. The van der Waals surface area contributed by atoms with E-state index < -0.39 is 22.8 Å². The summed E-state index contributed by atoms with van der Waals surface area (Å²) in [5, 5.41) is 2.75. The molecule has 29 heavy (non-hydrogen) atoms. The van der Waals surface area contributed by atoms with Crippen LogP contribution in [0.1, 0.15) is 43.6 Å². The standard InChI is InChI=1S/C20H27BN3O4S/c1-12-14(21-28-19(2,3)20(4,5)29)9-8-10-15(12)22-16(25)13-11-23(6)18(27)24(7)17(13)26/h8-11,29H,1-7H3,(H,22,25). The number of hydrogen-bond donors (Lipinski definition) is 2. The van der Waals surface area contributed by atoms with E-state index in [0.29, 0.717) is 5.69 Å². The maximum absolute atomic E-state index is 12.7. The van der Waals surface area contributed by atoms with Crippen LogP contribution in [0.25, 0.3) is 0 Å². The van der Waals surface area contributed by atoms with E-state index in [1.54, 1.807) is 19.6 Å². The minimum atomic E-state index is -0.646. The zero-order valence-electron chi connectivity index (χ0n) is 17.9. The molecule has 0 aliphatic rings. The van der Waals surface area contributed by atoms with Crippen LogP contribution < -0.4 is 22.0 Å². The van der Waals surface area contributed by atoms with Crippen molar-refractivity contribution in [3.63, 3.8) is 0 Å². The summed E-state index contributed by atoms with van der Waals surface area (Å²) < 4.78 is 7.70. The molecule has 0 saturated heterocycles. The fraction of sp³-hybridized carbons (Fsp3) is 0.450. The van der Waals surface area contributed by atoms with Gasteiger partial charge < -0.3 is 14.5 Å². The molecule has 1 aromatic heterocycles. The van der Waals surface area contributed by atoms with Crippen molar-refractivity contribution in [2.24, 2.45) is 14.1 Å². The predicted molar refractivity (Wildman–Crippen MR) is 120 cm³/mol.